The van der Waals surface area contributed by atoms with E-state index in [1.54, 1.807) is 0 Å². The van der Waals surface area contributed by atoms with Crippen molar-refractivity contribution in [2.75, 3.05) is 0 Å². The molecular weight excluding hydrogens is 234 g/mol. The molecule has 2 aromatic carbocycles. The molecule has 0 unspecified atom stereocenters. The highest BCUT2D eigenvalue weighted by Gasteiger charge is 2.28. The summed E-state index contributed by atoms with van der Waals surface area (Å²) in [5.74, 6) is 0.335. The van der Waals surface area contributed by atoms with Crippen LogP contribution in [0.25, 0.3) is 0 Å². The lowest BCUT2D eigenvalue weighted by Crippen LogP contribution is -2.35. The van der Waals surface area contributed by atoms with Crippen LogP contribution in [0.1, 0.15) is 36.1 Å². The topological polar surface area (TPSA) is 29.1 Å². The molecule has 0 spiro atoms. The lowest BCUT2D eigenvalue weighted by atomic mass is 9.89. The first kappa shape index (κ1) is 12.1. The third-order valence-electron chi connectivity index (χ3n) is 3.67. The van der Waals surface area contributed by atoms with Crippen LogP contribution in [0.5, 0.6) is 0 Å². The van der Waals surface area contributed by atoms with Crippen molar-refractivity contribution in [2.45, 2.75) is 24.9 Å². The molecule has 1 heterocycles. The molecule has 2 aromatic rings. The van der Waals surface area contributed by atoms with Crippen molar-refractivity contribution >= 4 is 5.78 Å². The lowest BCUT2D eigenvalue weighted by molar-refractivity contribution is -0.121. The standard InChI is InChI=1S/C17H17NO/c19-15-11-16(13-7-3-1-4-8-13)18-17(12-15)14-9-5-2-6-10-14/h1-10,16-18H,11-12H2/t16-,17-/m1/s1. The van der Waals surface area contributed by atoms with E-state index in [1.165, 1.54) is 11.1 Å². The highest BCUT2D eigenvalue weighted by Crippen LogP contribution is 2.30. The molecule has 0 amide bonds. The largest absolute Gasteiger partial charge is 0.302 e. The maximum atomic E-state index is 12.0. The van der Waals surface area contributed by atoms with Crippen molar-refractivity contribution < 1.29 is 4.79 Å². The quantitative estimate of drug-likeness (QED) is 0.886. The van der Waals surface area contributed by atoms with Gasteiger partial charge in [0.15, 0.2) is 0 Å². The molecule has 0 aliphatic carbocycles. The fourth-order valence-electron chi connectivity index (χ4n) is 2.70. The van der Waals surface area contributed by atoms with Crippen LogP contribution in [-0.4, -0.2) is 5.78 Å². The van der Waals surface area contributed by atoms with Crippen LogP contribution in [0.3, 0.4) is 0 Å². The molecule has 3 rings (SSSR count). The van der Waals surface area contributed by atoms with E-state index in [0.717, 1.165) is 0 Å². The first-order valence-electron chi connectivity index (χ1n) is 6.70. The molecule has 96 valence electrons. The second-order valence-electron chi connectivity index (χ2n) is 5.04. The van der Waals surface area contributed by atoms with Gasteiger partial charge >= 0.3 is 0 Å². The zero-order valence-electron chi connectivity index (χ0n) is 10.8. The van der Waals surface area contributed by atoms with Gasteiger partial charge in [0.1, 0.15) is 5.78 Å². The fourth-order valence-corrected chi connectivity index (χ4v) is 2.70. The third-order valence-corrected chi connectivity index (χ3v) is 3.67. The SMILES string of the molecule is O=C1C[C@H](c2ccccc2)N[C@@H](c2ccccc2)C1. The maximum Gasteiger partial charge on any atom is 0.136 e. The Labute approximate surface area is 113 Å². The summed E-state index contributed by atoms with van der Waals surface area (Å²) in [6.07, 6.45) is 1.18. The van der Waals surface area contributed by atoms with E-state index in [-0.39, 0.29) is 12.1 Å². The average Bonchev–Trinajstić information content (AvgIpc) is 2.48. The first-order valence-corrected chi connectivity index (χ1v) is 6.70. The van der Waals surface area contributed by atoms with Gasteiger partial charge in [-0.15, -0.1) is 0 Å². The van der Waals surface area contributed by atoms with Gasteiger partial charge in [0.25, 0.3) is 0 Å². The van der Waals surface area contributed by atoms with E-state index in [4.69, 9.17) is 0 Å². The third kappa shape index (κ3) is 2.74. The predicted molar refractivity (Wildman–Crippen MR) is 75.7 cm³/mol. The Hall–Kier alpha value is -1.93. The molecule has 1 aliphatic heterocycles. The van der Waals surface area contributed by atoms with Gasteiger partial charge in [-0.2, -0.15) is 0 Å². The van der Waals surface area contributed by atoms with Gasteiger partial charge in [-0.3, -0.25) is 4.79 Å². The molecule has 2 atom stereocenters. The molecule has 19 heavy (non-hydrogen) atoms. The van der Waals surface area contributed by atoms with E-state index in [2.05, 4.69) is 29.6 Å². The van der Waals surface area contributed by atoms with Gasteiger partial charge in [0.2, 0.25) is 0 Å². The summed E-state index contributed by atoms with van der Waals surface area (Å²) in [5.41, 5.74) is 2.38. The first-order chi connectivity index (χ1) is 9.33. The van der Waals surface area contributed by atoms with Crippen molar-refractivity contribution in [2.24, 2.45) is 0 Å². The zero-order chi connectivity index (χ0) is 13.1. The molecule has 1 aliphatic rings. The van der Waals surface area contributed by atoms with Crippen LogP contribution in [0.15, 0.2) is 60.7 Å². The molecule has 0 saturated carbocycles. The molecule has 1 saturated heterocycles. The smallest absolute Gasteiger partial charge is 0.136 e. The summed E-state index contributed by atoms with van der Waals surface area (Å²) < 4.78 is 0. The van der Waals surface area contributed by atoms with E-state index in [9.17, 15) is 4.79 Å². The van der Waals surface area contributed by atoms with E-state index >= 15 is 0 Å². The van der Waals surface area contributed by atoms with Gasteiger partial charge in [0, 0.05) is 24.9 Å². The van der Waals surface area contributed by atoms with Gasteiger partial charge < -0.3 is 5.32 Å². The van der Waals surface area contributed by atoms with Crippen molar-refractivity contribution in [1.82, 2.24) is 5.32 Å². The molecule has 0 bridgehead atoms. The Bertz CT molecular complexity index is 500. The number of carbonyl (C=O) groups is 1. The summed E-state index contributed by atoms with van der Waals surface area (Å²) in [7, 11) is 0. The number of rotatable bonds is 2. The summed E-state index contributed by atoms with van der Waals surface area (Å²) in [6, 6.07) is 20.7. The minimum atomic E-state index is 0.132. The van der Waals surface area contributed by atoms with Crippen molar-refractivity contribution in [3.63, 3.8) is 0 Å². The van der Waals surface area contributed by atoms with Crippen LogP contribution in [0.2, 0.25) is 0 Å². The van der Waals surface area contributed by atoms with E-state index in [1.807, 2.05) is 36.4 Å². The van der Waals surface area contributed by atoms with Gasteiger partial charge in [-0.25, -0.2) is 0 Å². The number of benzene rings is 2. The summed E-state index contributed by atoms with van der Waals surface area (Å²) in [6.45, 7) is 0. The highest BCUT2D eigenvalue weighted by atomic mass is 16.1. The molecular formula is C17H17NO. The van der Waals surface area contributed by atoms with Gasteiger partial charge in [0.05, 0.1) is 0 Å². The number of ketones is 1. The lowest BCUT2D eigenvalue weighted by Gasteiger charge is -2.30. The minimum Gasteiger partial charge on any atom is -0.302 e. The van der Waals surface area contributed by atoms with E-state index in [0.29, 0.717) is 18.6 Å². The summed E-state index contributed by atoms with van der Waals surface area (Å²) >= 11 is 0. The summed E-state index contributed by atoms with van der Waals surface area (Å²) in [4.78, 5) is 12.0. The van der Waals surface area contributed by atoms with Crippen LogP contribution >= 0.6 is 0 Å². The fraction of sp³-hybridized carbons (Fsp3) is 0.235. The number of carbonyl (C=O) groups excluding carboxylic acids is 1. The normalized spacial score (nSPS) is 23.3. The number of hydrogen-bond acceptors (Lipinski definition) is 2. The molecule has 1 fully saturated rings. The zero-order valence-corrected chi connectivity index (χ0v) is 10.8. The number of hydrogen-bond donors (Lipinski definition) is 1. The van der Waals surface area contributed by atoms with Crippen molar-refractivity contribution in [3.05, 3.63) is 71.8 Å². The number of piperidine rings is 1. The summed E-state index contributed by atoms with van der Waals surface area (Å²) in [5, 5.41) is 3.60. The second-order valence-corrected chi connectivity index (χ2v) is 5.04. The second kappa shape index (κ2) is 5.37. The Kier molecular flexibility index (Phi) is 3.43. The van der Waals surface area contributed by atoms with Crippen molar-refractivity contribution in [3.8, 4) is 0 Å². The Balaban J connectivity index is 1.84. The molecule has 0 aromatic heterocycles. The number of nitrogens with one attached hydrogen (secondary N) is 1. The van der Waals surface area contributed by atoms with Crippen molar-refractivity contribution in [1.29, 1.82) is 0 Å². The highest BCUT2D eigenvalue weighted by molar-refractivity contribution is 5.81. The van der Waals surface area contributed by atoms with Crippen LogP contribution in [0.4, 0.5) is 0 Å². The Morgan fingerprint density at radius 3 is 1.58 bits per heavy atom. The van der Waals surface area contributed by atoms with Gasteiger partial charge in [-0.1, -0.05) is 60.7 Å². The number of Topliss-reactive ketones (excluding diaryl/α,β-unsaturated/α-hetero) is 1. The maximum absolute atomic E-state index is 12.0. The molecule has 0 radical (unpaired) electrons. The van der Waals surface area contributed by atoms with Gasteiger partial charge in [-0.05, 0) is 11.1 Å². The van der Waals surface area contributed by atoms with Crippen LogP contribution < -0.4 is 5.32 Å². The Morgan fingerprint density at radius 1 is 0.737 bits per heavy atom. The van der Waals surface area contributed by atoms with Crippen LogP contribution in [-0.2, 0) is 4.79 Å². The van der Waals surface area contributed by atoms with Crippen LogP contribution in [0, 0.1) is 0 Å². The van der Waals surface area contributed by atoms with E-state index < -0.39 is 0 Å². The molecule has 2 heteroatoms. The molecule has 2 nitrogen and oxygen atoms in total. The molecule has 1 N–H and O–H groups in total. The minimum absolute atomic E-state index is 0.132. The monoisotopic (exact) mass is 251 g/mol. The predicted octanol–water partition coefficient (Wildman–Crippen LogP) is 3.42. The average molecular weight is 251 g/mol. The Morgan fingerprint density at radius 2 is 1.16 bits per heavy atom.